The molecule has 1 aliphatic heterocycles. The maximum absolute atomic E-state index is 12.1. The molecule has 0 unspecified atom stereocenters. The molecule has 1 atom stereocenters. The Labute approximate surface area is 145 Å². The Balaban J connectivity index is 1.42. The van der Waals surface area contributed by atoms with E-state index < -0.39 is 0 Å². The minimum atomic E-state index is -0.133. The molecule has 0 aliphatic carbocycles. The van der Waals surface area contributed by atoms with Gasteiger partial charge in [-0.05, 0) is 31.4 Å². The number of hydrogen-bond donors (Lipinski definition) is 2. The van der Waals surface area contributed by atoms with Crippen LogP contribution in [0.3, 0.4) is 0 Å². The third-order valence-corrected chi connectivity index (χ3v) is 5.02. The van der Waals surface area contributed by atoms with Crippen LogP contribution >= 0.6 is 11.3 Å². The first-order valence-corrected chi connectivity index (χ1v) is 9.06. The molecule has 24 heavy (non-hydrogen) atoms. The minimum Gasteiger partial charge on any atom is -0.356 e. The first-order valence-electron chi connectivity index (χ1n) is 8.18. The SMILES string of the molecule is Cc1nc(CCNC(=O)CC[C@H]2Cc3ccccc3NC2=O)cs1. The first kappa shape index (κ1) is 16.6. The lowest BCUT2D eigenvalue weighted by atomic mass is 9.89. The molecule has 0 spiro atoms. The molecule has 2 N–H and O–H groups in total. The molecule has 126 valence electrons. The van der Waals surface area contributed by atoms with Crippen LogP contribution in [-0.4, -0.2) is 23.3 Å². The molecule has 1 aliphatic rings. The summed E-state index contributed by atoms with van der Waals surface area (Å²) in [5, 5.41) is 8.89. The van der Waals surface area contributed by atoms with Gasteiger partial charge < -0.3 is 10.6 Å². The lowest BCUT2D eigenvalue weighted by molar-refractivity contribution is -0.122. The molecular formula is C18H21N3O2S. The fraction of sp³-hybridized carbons (Fsp3) is 0.389. The molecule has 2 heterocycles. The molecule has 5 nitrogen and oxygen atoms in total. The number of nitrogens with one attached hydrogen (secondary N) is 2. The number of hydrogen-bond acceptors (Lipinski definition) is 4. The van der Waals surface area contributed by atoms with Gasteiger partial charge in [0.15, 0.2) is 0 Å². The number of amides is 2. The van der Waals surface area contributed by atoms with Crippen molar-refractivity contribution in [3.05, 3.63) is 45.9 Å². The number of para-hydroxylation sites is 1. The maximum atomic E-state index is 12.1. The summed E-state index contributed by atoms with van der Waals surface area (Å²) in [6.45, 7) is 2.56. The summed E-state index contributed by atoms with van der Waals surface area (Å²) < 4.78 is 0. The van der Waals surface area contributed by atoms with Gasteiger partial charge in [-0.3, -0.25) is 9.59 Å². The second kappa shape index (κ2) is 7.57. The topological polar surface area (TPSA) is 71.1 Å². The standard InChI is InChI=1S/C18H21N3O2S/c1-12-20-15(11-24-12)8-9-19-17(22)7-6-14-10-13-4-2-3-5-16(13)21-18(14)23/h2-5,11,14H,6-10H2,1H3,(H,19,22)(H,21,23)/t14-/m0/s1. The van der Waals surface area contributed by atoms with Crippen LogP contribution < -0.4 is 10.6 Å². The van der Waals surface area contributed by atoms with Gasteiger partial charge in [-0.2, -0.15) is 0 Å². The van der Waals surface area contributed by atoms with Gasteiger partial charge in [0, 0.05) is 36.4 Å². The zero-order valence-electron chi connectivity index (χ0n) is 13.7. The first-order chi connectivity index (χ1) is 11.6. The van der Waals surface area contributed by atoms with Crippen molar-refractivity contribution >= 4 is 28.8 Å². The Morgan fingerprint density at radius 1 is 1.42 bits per heavy atom. The van der Waals surface area contributed by atoms with Crippen molar-refractivity contribution in [1.29, 1.82) is 0 Å². The number of carbonyl (C=O) groups excluding carboxylic acids is 2. The number of rotatable bonds is 6. The zero-order chi connectivity index (χ0) is 16.9. The van der Waals surface area contributed by atoms with Gasteiger partial charge in [0.25, 0.3) is 0 Å². The largest absolute Gasteiger partial charge is 0.356 e. The highest BCUT2D eigenvalue weighted by Gasteiger charge is 2.26. The van der Waals surface area contributed by atoms with E-state index in [4.69, 9.17) is 0 Å². The molecule has 0 radical (unpaired) electrons. The van der Waals surface area contributed by atoms with Crippen LogP contribution in [0.15, 0.2) is 29.6 Å². The van der Waals surface area contributed by atoms with E-state index in [2.05, 4.69) is 15.6 Å². The summed E-state index contributed by atoms with van der Waals surface area (Å²) in [6.07, 6.45) is 2.39. The van der Waals surface area contributed by atoms with E-state index in [9.17, 15) is 9.59 Å². The third kappa shape index (κ3) is 4.20. The van der Waals surface area contributed by atoms with E-state index >= 15 is 0 Å². The molecule has 0 saturated carbocycles. The highest BCUT2D eigenvalue weighted by atomic mass is 32.1. The number of aryl methyl sites for hydroxylation is 1. The van der Waals surface area contributed by atoms with E-state index in [1.807, 2.05) is 36.6 Å². The summed E-state index contributed by atoms with van der Waals surface area (Å²) in [5.41, 5.74) is 3.05. The number of fused-ring (bicyclic) bond motifs is 1. The molecule has 1 aromatic heterocycles. The van der Waals surface area contributed by atoms with Crippen molar-refractivity contribution in [3.63, 3.8) is 0 Å². The number of nitrogens with zero attached hydrogens (tertiary/aromatic N) is 1. The molecule has 0 fully saturated rings. The fourth-order valence-electron chi connectivity index (χ4n) is 2.89. The number of benzene rings is 1. The Morgan fingerprint density at radius 3 is 3.04 bits per heavy atom. The monoisotopic (exact) mass is 343 g/mol. The Hall–Kier alpha value is -2.21. The Kier molecular flexibility index (Phi) is 5.25. The number of anilines is 1. The summed E-state index contributed by atoms with van der Waals surface area (Å²) in [4.78, 5) is 28.5. The van der Waals surface area contributed by atoms with Gasteiger partial charge >= 0.3 is 0 Å². The van der Waals surface area contributed by atoms with Crippen molar-refractivity contribution in [2.75, 3.05) is 11.9 Å². The molecule has 0 bridgehead atoms. The average molecular weight is 343 g/mol. The van der Waals surface area contributed by atoms with E-state index in [0.717, 1.165) is 28.4 Å². The van der Waals surface area contributed by atoms with Crippen LogP contribution in [-0.2, 0) is 22.4 Å². The smallest absolute Gasteiger partial charge is 0.227 e. The molecule has 6 heteroatoms. The second-order valence-corrected chi connectivity index (χ2v) is 7.11. The lowest BCUT2D eigenvalue weighted by Crippen LogP contribution is -2.32. The van der Waals surface area contributed by atoms with E-state index in [-0.39, 0.29) is 17.7 Å². The normalized spacial score (nSPS) is 16.4. The molecular weight excluding hydrogens is 322 g/mol. The fourth-order valence-corrected chi connectivity index (χ4v) is 3.54. The number of thiazole rings is 1. The second-order valence-electron chi connectivity index (χ2n) is 6.04. The Morgan fingerprint density at radius 2 is 2.25 bits per heavy atom. The van der Waals surface area contributed by atoms with Crippen molar-refractivity contribution in [3.8, 4) is 0 Å². The third-order valence-electron chi connectivity index (χ3n) is 4.20. The van der Waals surface area contributed by atoms with Crippen LogP contribution in [0, 0.1) is 12.8 Å². The van der Waals surface area contributed by atoms with Crippen molar-refractivity contribution in [2.24, 2.45) is 5.92 Å². The maximum Gasteiger partial charge on any atom is 0.227 e. The predicted octanol–water partition coefficient (Wildman–Crippen LogP) is 2.70. The average Bonchev–Trinajstić information content (AvgIpc) is 2.98. The lowest BCUT2D eigenvalue weighted by Gasteiger charge is -2.24. The quantitative estimate of drug-likeness (QED) is 0.847. The van der Waals surface area contributed by atoms with Crippen LogP contribution in [0.25, 0.3) is 0 Å². The van der Waals surface area contributed by atoms with Crippen LogP contribution in [0.4, 0.5) is 5.69 Å². The van der Waals surface area contributed by atoms with Crippen LogP contribution in [0.1, 0.15) is 29.1 Å². The molecule has 2 amide bonds. The zero-order valence-corrected chi connectivity index (χ0v) is 14.5. The molecule has 2 aromatic rings. The van der Waals surface area contributed by atoms with Crippen LogP contribution in [0.2, 0.25) is 0 Å². The summed E-state index contributed by atoms with van der Waals surface area (Å²) in [5.74, 6) is -0.125. The predicted molar refractivity (Wildman–Crippen MR) is 95.1 cm³/mol. The molecule has 3 rings (SSSR count). The van der Waals surface area contributed by atoms with Gasteiger partial charge in [0.1, 0.15) is 0 Å². The summed E-state index contributed by atoms with van der Waals surface area (Å²) in [6, 6.07) is 7.82. The van der Waals surface area contributed by atoms with Gasteiger partial charge in [0.05, 0.1) is 10.7 Å². The minimum absolute atomic E-state index is 0.00592. The van der Waals surface area contributed by atoms with Crippen LogP contribution in [0.5, 0.6) is 0 Å². The molecule has 0 saturated heterocycles. The van der Waals surface area contributed by atoms with Gasteiger partial charge in [-0.15, -0.1) is 11.3 Å². The van der Waals surface area contributed by atoms with Gasteiger partial charge in [0.2, 0.25) is 11.8 Å². The van der Waals surface area contributed by atoms with Crippen molar-refractivity contribution in [2.45, 2.75) is 32.6 Å². The molecule has 1 aromatic carbocycles. The van der Waals surface area contributed by atoms with Gasteiger partial charge in [-0.25, -0.2) is 4.98 Å². The van der Waals surface area contributed by atoms with Crippen molar-refractivity contribution < 1.29 is 9.59 Å². The highest BCUT2D eigenvalue weighted by molar-refractivity contribution is 7.09. The Bertz CT molecular complexity index is 741. The van der Waals surface area contributed by atoms with E-state index in [0.29, 0.717) is 25.8 Å². The number of aromatic nitrogens is 1. The number of carbonyl (C=O) groups is 2. The highest BCUT2D eigenvalue weighted by Crippen LogP contribution is 2.27. The van der Waals surface area contributed by atoms with E-state index in [1.54, 1.807) is 11.3 Å². The van der Waals surface area contributed by atoms with Crippen molar-refractivity contribution in [1.82, 2.24) is 10.3 Å². The van der Waals surface area contributed by atoms with Gasteiger partial charge in [-0.1, -0.05) is 18.2 Å². The summed E-state index contributed by atoms with van der Waals surface area (Å²) in [7, 11) is 0. The van der Waals surface area contributed by atoms with E-state index in [1.165, 1.54) is 0 Å². The summed E-state index contributed by atoms with van der Waals surface area (Å²) >= 11 is 1.62.